The normalized spacial score (nSPS) is 19.9. The molecule has 0 radical (unpaired) electrons. The molecular formula is C20H23N5O2. The van der Waals surface area contributed by atoms with Crippen molar-refractivity contribution in [1.82, 2.24) is 15.1 Å². The smallest absolute Gasteiger partial charge is 0.194 e. The third-order valence-corrected chi connectivity index (χ3v) is 5.42. The van der Waals surface area contributed by atoms with Gasteiger partial charge in [-0.25, -0.2) is 0 Å². The van der Waals surface area contributed by atoms with Gasteiger partial charge in [0, 0.05) is 23.7 Å². The molecule has 0 spiro atoms. The Kier molecular flexibility index (Phi) is 4.58. The Morgan fingerprint density at radius 3 is 2.89 bits per heavy atom. The molecule has 1 N–H and O–H groups in total. The topological polar surface area (TPSA) is 85.5 Å². The lowest BCUT2D eigenvalue weighted by atomic mass is 10.0. The van der Waals surface area contributed by atoms with E-state index in [1.54, 1.807) is 12.1 Å². The molecule has 2 aliphatic rings. The lowest BCUT2D eigenvalue weighted by molar-refractivity contribution is 0.226. The maximum absolute atomic E-state index is 10.3. The molecule has 4 rings (SSSR count). The van der Waals surface area contributed by atoms with Crippen molar-refractivity contribution in [1.29, 1.82) is 5.26 Å². The molecular weight excluding hydrogens is 342 g/mol. The monoisotopic (exact) mass is 365 g/mol. The summed E-state index contributed by atoms with van der Waals surface area (Å²) in [5.74, 6) is 1.55. The molecule has 2 aromatic rings. The van der Waals surface area contributed by atoms with Crippen LogP contribution in [0.25, 0.3) is 11.3 Å². The number of fused-ring (bicyclic) bond motifs is 1. The fourth-order valence-corrected chi connectivity index (χ4v) is 4.01. The highest BCUT2D eigenvalue weighted by atomic mass is 16.5. The van der Waals surface area contributed by atoms with Gasteiger partial charge < -0.3 is 19.6 Å². The number of rotatable bonds is 2. The van der Waals surface area contributed by atoms with Crippen LogP contribution in [0.2, 0.25) is 0 Å². The summed E-state index contributed by atoms with van der Waals surface area (Å²) >= 11 is 0. The number of likely N-dealkylation sites (tertiary alicyclic amines) is 1. The van der Waals surface area contributed by atoms with E-state index in [1.807, 2.05) is 13.0 Å². The summed E-state index contributed by atoms with van der Waals surface area (Å²) in [6.07, 6.45) is 2.32. The Bertz CT molecular complexity index is 908. The van der Waals surface area contributed by atoms with Crippen molar-refractivity contribution >= 4 is 5.82 Å². The summed E-state index contributed by atoms with van der Waals surface area (Å²) in [6.45, 7) is 5.50. The molecule has 27 heavy (non-hydrogen) atoms. The van der Waals surface area contributed by atoms with Gasteiger partial charge in [-0.1, -0.05) is 0 Å². The van der Waals surface area contributed by atoms with Crippen LogP contribution in [0.15, 0.2) is 18.2 Å². The second-order valence-electron chi connectivity index (χ2n) is 7.27. The van der Waals surface area contributed by atoms with Gasteiger partial charge in [0.15, 0.2) is 11.6 Å². The van der Waals surface area contributed by atoms with Crippen molar-refractivity contribution in [2.75, 3.05) is 38.2 Å². The van der Waals surface area contributed by atoms with Gasteiger partial charge in [-0.3, -0.25) is 0 Å². The molecule has 7 heteroatoms. The number of aromatic nitrogens is 2. The fraction of sp³-hybridized carbons (Fsp3) is 0.450. The predicted molar refractivity (Wildman–Crippen MR) is 102 cm³/mol. The quantitative estimate of drug-likeness (QED) is 0.874. The molecule has 0 unspecified atom stereocenters. The molecule has 0 aliphatic carbocycles. The van der Waals surface area contributed by atoms with Crippen molar-refractivity contribution in [2.45, 2.75) is 25.8 Å². The number of likely N-dealkylation sites (N-methyl/N-ethyl adjacent to an activating group) is 1. The zero-order valence-corrected chi connectivity index (χ0v) is 15.6. The fourth-order valence-electron chi connectivity index (χ4n) is 4.01. The molecule has 140 valence electrons. The van der Waals surface area contributed by atoms with E-state index in [-0.39, 0.29) is 5.75 Å². The van der Waals surface area contributed by atoms with Gasteiger partial charge in [-0.15, -0.1) is 10.2 Å². The summed E-state index contributed by atoms with van der Waals surface area (Å²) in [5.41, 5.74) is 2.40. The number of benzene rings is 1. The summed E-state index contributed by atoms with van der Waals surface area (Å²) in [7, 11) is 2.15. The highest BCUT2D eigenvalue weighted by molar-refractivity contribution is 5.75. The van der Waals surface area contributed by atoms with Gasteiger partial charge in [-0.05, 0) is 51.6 Å². The van der Waals surface area contributed by atoms with E-state index >= 15 is 0 Å². The number of ether oxygens (including phenoxy) is 1. The summed E-state index contributed by atoms with van der Waals surface area (Å²) in [4.78, 5) is 4.67. The number of aromatic hydroxyl groups is 1. The lowest BCUT2D eigenvalue weighted by Gasteiger charge is -2.41. The summed E-state index contributed by atoms with van der Waals surface area (Å²) in [6, 6.07) is 7.25. The Morgan fingerprint density at radius 1 is 1.30 bits per heavy atom. The molecule has 3 heterocycles. The van der Waals surface area contributed by atoms with Crippen molar-refractivity contribution in [3.8, 4) is 28.8 Å². The zero-order valence-electron chi connectivity index (χ0n) is 15.6. The third-order valence-electron chi connectivity index (χ3n) is 5.42. The number of nitriles is 1. The molecule has 2 aliphatic heterocycles. The SMILES string of the molecule is Cc1c(-c2ccc(C#N)cc2O)nnc2c1OCCN2[C@H]1CCCN(C)C1. The van der Waals surface area contributed by atoms with E-state index in [0.717, 1.165) is 43.2 Å². The Morgan fingerprint density at radius 2 is 2.15 bits per heavy atom. The second kappa shape index (κ2) is 7.05. The van der Waals surface area contributed by atoms with Crippen LogP contribution in [0.3, 0.4) is 0 Å². The van der Waals surface area contributed by atoms with Crippen molar-refractivity contribution in [3.63, 3.8) is 0 Å². The van der Waals surface area contributed by atoms with E-state index in [9.17, 15) is 5.11 Å². The Hall–Kier alpha value is -2.85. The number of phenols is 1. The molecule has 1 aromatic heterocycles. The van der Waals surface area contributed by atoms with Crippen LogP contribution in [0.4, 0.5) is 5.82 Å². The average molecular weight is 365 g/mol. The number of anilines is 1. The van der Waals surface area contributed by atoms with E-state index in [0.29, 0.717) is 29.5 Å². The van der Waals surface area contributed by atoms with Crippen LogP contribution in [-0.2, 0) is 0 Å². The summed E-state index contributed by atoms with van der Waals surface area (Å²) in [5, 5.41) is 28.2. The number of hydrogen-bond donors (Lipinski definition) is 1. The van der Waals surface area contributed by atoms with Crippen LogP contribution in [0.5, 0.6) is 11.5 Å². The first-order valence-corrected chi connectivity index (χ1v) is 9.27. The van der Waals surface area contributed by atoms with E-state index in [1.165, 1.54) is 12.5 Å². The van der Waals surface area contributed by atoms with Gasteiger partial charge in [0.2, 0.25) is 0 Å². The van der Waals surface area contributed by atoms with Crippen LogP contribution in [0, 0.1) is 18.3 Å². The second-order valence-corrected chi connectivity index (χ2v) is 7.27. The standard InChI is InChI=1S/C20H23N5O2/c1-13-18(16-6-5-14(11-21)10-17(16)26)22-23-20-19(13)27-9-8-25(20)15-4-3-7-24(2)12-15/h5-6,10,15,26H,3-4,7-9,12H2,1-2H3/t15-/m0/s1. The molecule has 0 bridgehead atoms. The van der Waals surface area contributed by atoms with Gasteiger partial charge in [0.05, 0.1) is 18.2 Å². The molecule has 1 saturated heterocycles. The lowest BCUT2D eigenvalue weighted by Crippen LogP contribution is -2.50. The van der Waals surface area contributed by atoms with Crippen LogP contribution in [-0.4, -0.2) is 59.5 Å². The maximum Gasteiger partial charge on any atom is 0.194 e. The largest absolute Gasteiger partial charge is 0.507 e. The maximum atomic E-state index is 10.3. The average Bonchev–Trinajstić information content (AvgIpc) is 2.68. The molecule has 1 atom stereocenters. The van der Waals surface area contributed by atoms with Gasteiger partial charge in [0.25, 0.3) is 0 Å². The van der Waals surface area contributed by atoms with Crippen LogP contribution >= 0.6 is 0 Å². The first-order chi connectivity index (χ1) is 13.1. The Labute approximate surface area is 158 Å². The molecule has 1 aromatic carbocycles. The minimum atomic E-state index is 0.0213. The molecule has 0 saturated carbocycles. The minimum Gasteiger partial charge on any atom is -0.507 e. The van der Waals surface area contributed by atoms with E-state index in [2.05, 4.69) is 27.0 Å². The van der Waals surface area contributed by atoms with Crippen LogP contribution in [0.1, 0.15) is 24.0 Å². The number of nitrogens with zero attached hydrogens (tertiary/aromatic N) is 5. The third kappa shape index (κ3) is 3.17. The molecule has 0 amide bonds. The van der Waals surface area contributed by atoms with Crippen molar-refractivity contribution < 1.29 is 9.84 Å². The number of hydrogen-bond acceptors (Lipinski definition) is 7. The molecule has 1 fully saturated rings. The number of piperidine rings is 1. The predicted octanol–water partition coefficient (Wildman–Crippen LogP) is 2.32. The highest BCUT2D eigenvalue weighted by Crippen LogP contribution is 2.40. The molecule has 7 nitrogen and oxygen atoms in total. The Balaban J connectivity index is 1.72. The van der Waals surface area contributed by atoms with E-state index < -0.39 is 0 Å². The van der Waals surface area contributed by atoms with Crippen molar-refractivity contribution in [2.24, 2.45) is 0 Å². The first kappa shape index (κ1) is 17.6. The van der Waals surface area contributed by atoms with Crippen LogP contribution < -0.4 is 9.64 Å². The van der Waals surface area contributed by atoms with Gasteiger partial charge in [-0.2, -0.15) is 5.26 Å². The summed E-state index contributed by atoms with van der Waals surface area (Å²) < 4.78 is 5.96. The number of phenolic OH excluding ortho intramolecular Hbond substituents is 1. The van der Waals surface area contributed by atoms with Gasteiger partial charge >= 0.3 is 0 Å². The minimum absolute atomic E-state index is 0.0213. The highest BCUT2D eigenvalue weighted by Gasteiger charge is 2.31. The van der Waals surface area contributed by atoms with E-state index in [4.69, 9.17) is 10.00 Å². The zero-order chi connectivity index (χ0) is 19.0. The first-order valence-electron chi connectivity index (χ1n) is 9.27. The van der Waals surface area contributed by atoms with Gasteiger partial charge in [0.1, 0.15) is 18.1 Å². The van der Waals surface area contributed by atoms with Crippen molar-refractivity contribution in [3.05, 3.63) is 29.3 Å².